The lowest BCUT2D eigenvalue weighted by Crippen LogP contribution is -2.30. The van der Waals surface area contributed by atoms with Gasteiger partial charge in [-0.25, -0.2) is 0 Å². The highest BCUT2D eigenvalue weighted by Crippen LogP contribution is 2.17. The summed E-state index contributed by atoms with van der Waals surface area (Å²) in [5.74, 6) is 0.197. The molecular weight excluding hydrogens is 214 g/mol. The monoisotopic (exact) mass is 231 g/mol. The lowest BCUT2D eigenvalue weighted by Gasteiger charge is -2.08. The summed E-state index contributed by atoms with van der Waals surface area (Å²) in [5.41, 5.74) is 0.907. The normalized spacial score (nSPS) is 16.5. The number of benzene rings is 1. The van der Waals surface area contributed by atoms with Crippen LogP contribution in [0.3, 0.4) is 0 Å². The average molecular weight is 231 g/mol. The summed E-state index contributed by atoms with van der Waals surface area (Å²) in [6.45, 7) is 0. The van der Waals surface area contributed by atoms with Crippen LogP contribution in [0.1, 0.15) is 31.2 Å². The van der Waals surface area contributed by atoms with E-state index in [1.807, 2.05) is 0 Å². The van der Waals surface area contributed by atoms with Crippen LogP contribution in [0.4, 0.5) is 0 Å². The minimum atomic E-state index is -0.0371. The molecule has 1 aromatic rings. The van der Waals surface area contributed by atoms with Crippen LogP contribution >= 0.6 is 0 Å². The van der Waals surface area contributed by atoms with Gasteiger partial charge in [-0.1, -0.05) is 25.0 Å². The molecule has 2 rings (SSSR count). The van der Waals surface area contributed by atoms with Crippen LogP contribution in [0.2, 0.25) is 0 Å². The SMILES string of the molecule is O=C(C=Cc1ccc(O)cc1)NC1CCCC1. The molecule has 0 heterocycles. The topological polar surface area (TPSA) is 49.3 Å². The van der Waals surface area contributed by atoms with Crippen molar-refractivity contribution in [2.75, 3.05) is 0 Å². The van der Waals surface area contributed by atoms with Gasteiger partial charge >= 0.3 is 0 Å². The fourth-order valence-electron chi connectivity index (χ4n) is 2.08. The number of hydrogen-bond donors (Lipinski definition) is 2. The van der Waals surface area contributed by atoms with E-state index in [0.29, 0.717) is 6.04 Å². The van der Waals surface area contributed by atoms with Gasteiger partial charge in [-0.05, 0) is 36.6 Å². The van der Waals surface area contributed by atoms with E-state index in [-0.39, 0.29) is 11.7 Å². The van der Waals surface area contributed by atoms with Crippen LogP contribution in [0.5, 0.6) is 5.75 Å². The number of nitrogens with one attached hydrogen (secondary N) is 1. The van der Waals surface area contributed by atoms with E-state index in [2.05, 4.69) is 5.32 Å². The van der Waals surface area contributed by atoms with Crippen molar-refractivity contribution in [1.82, 2.24) is 5.32 Å². The maximum Gasteiger partial charge on any atom is 0.244 e. The molecule has 0 aliphatic heterocycles. The molecule has 1 amide bonds. The predicted octanol–water partition coefficient (Wildman–Crippen LogP) is 2.46. The van der Waals surface area contributed by atoms with Gasteiger partial charge in [0.05, 0.1) is 0 Å². The van der Waals surface area contributed by atoms with Crippen molar-refractivity contribution in [3.8, 4) is 5.75 Å². The van der Waals surface area contributed by atoms with E-state index in [0.717, 1.165) is 18.4 Å². The third kappa shape index (κ3) is 3.63. The molecule has 0 atom stereocenters. The number of phenolic OH excluding ortho intramolecular Hbond substituents is 1. The number of phenols is 1. The highest BCUT2D eigenvalue weighted by Gasteiger charge is 2.15. The fourth-order valence-corrected chi connectivity index (χ4v) is 2.08. The van der Waals surface area contributed by atoms with Crippen molar-refractivity contribution >= 4 is 12.0 Å². The Balaban J connectivity index is 1.86. The van der Waals surface area contributed by atoms with Gasteiger partial charge in [0, 0.05) is 12.1 Å². The van der Waals surface area contributed by atoms with E-state index in [4.69, 9.17) is 5.11 Å². The Hall–Kier alpha value is -1.77. The Morgan fingerprint density at radius 3 is 2.53 bits per heavy atom. The summed E-state index contributed by atoms with van der Waals surface area (Å²) in [5, 5.41) is 12.1. The first-order chi connectivity index (χ1) is 8.24. The molecule has 1 aromatic carbocycles. The first kappa shape index (κ1) is 11.7. The Morgan fingerprint density at radius 1 is 1.24 bits per heavy atom. The maximum absolute atomic E-state index is 11.6. The molecule has 2 N–H and O–H groups in total. The van der Waals surface area contributed by atoms with E-state index in [1.165, 1.54) is 12.8 Å². The van der Waals surface area contributed by atoms with Gasteiger partial charge in [0.15, 0.2) is 0 Å². The third-order valence-corrected chi connectivity index (χ3v) is 3.02. The number of carbonyl (C=O) groups is 1. The van der Waals surface area contributed by atoms with Gasteiger partial charge in [0.1, 0.15) is 5.75 Å². The summed E-state index contributed by atoms with van der Waals surface area (Å²) >= 11 is 0. The zero-order chi connectivity index (χ0) is 12.1. The molecule has 0 unspecified atom stereocenters. The van der Waals surface area contributed by atoms with Crippen LogP contribution in [-0.4, -0.2) is 17.1 Å². The summed E-state index contributed by atoms with van der Waals surface area (Å²) < 4.78 is 0. The summed E-state index contributed by atoms with van der Waals surface area (Å²) in [6.07, 6.45) is 7.92. The predicted molar refractivity (Wildman–Crippen MR) is 67.5 cm³/mol. The molecule has 1 aliphatic rings. The Bertz CT molecular complexity index is 403. The molecule has 17 heavy (non-hydrogen) atoms. The summed E-state index contributed by atoms with van der Waals surface area (Å²) in [4.78, 5) is 11.6. The Labute approximate surface area is 101 Å². The molecular formula is C14H17NO2. The van der Waals surface area contributed by atoms with Crippen molar-refractivity contribution in [3.63, 3.8) is 0 Å². The van der Waals surface area contributed by atoms with Crippen molar-refractivity contribution in [2.45, 2.75) is 31.7 Å². The average Bonchev–Trinajstić information content (AvgIpc) is 2.81. The lowest BCUT2D eigenvalue weighted by molar-refractivity contribution is -0.117. The highest BCUT2D eigenvalue weighted by atomic mass is 16.3. The summed E-state index contributed by atoms with van der Waals surface area (Å²) in [7, 11) is 0. The van der Waals surface area contributed by atoms with Crippen molar-refractivity contribution in [1.29, 1.82) is 0 Å². The smallest absolute Gasteiger partial charge is 0.244 e. The largest absolute Gasteiger partial charge is 0.508 e. The van der Waals surface area contributed by atoms with E-state index >= 15 is 0 Å². The molecule has 1 aliphatic carbocycles. The zero-order valence-electron chi connectivity index (χ0n) is 9.73. The van der Waals surface area contributed by atoms with Crippen molar-refractivity contribution in [3.05, 3.63) is 35.9 Å². The van der Waals surface area contributed by atoms with Crippen LogP contribution in [-0.2, 0) is 4.79 Å². The molecule has 1 fully saturated rings. The molecule has 3 heteroatoms. The summed E-state index contributed by atoms with van der Waals surface area (Å²) in [6, 6.07) is 7.11. The zero-order valence-corrected chi connectivity index (χ0v) is 9.73. The second-order valence-electron chi connectivity index (χ2n) is 4.41. The number of carbonyl (C=O) groups excluding carboxylic acids is 1. The van der Waals surface area contributed by atoms with E-state index in [9.17, 15) is 4.79 Å². The van der Waals surface area contributed by atoms with Crippen LogP contribution in [0, 0.1) is 0 Å². The third-order valence-electron chi connectivity index (χ3n) is 3.02. The Kier molecular flexibility index (Phi) is 3.81. The quantitative estimate of drug-likeness (QED) is 0.785. The maximum atomic E-state index is 11.6. The molecule has 3 nitrogen and oxygen atoms in total. The van der Waals surface area contributed by atoms with Gasteiger partial charge in [0.25, 0.3) is 0 Å². The van der Waals surface area contributed by atoms with Crippen LogP contribution in [0.15, 0.2) is 30.3 Å². The second kappa shape index (κ2) is 5.53. The molecule has 90 valence electrons. The minimum Gasteiger partial charge on any atom is -0.508 e. The standard InChI is InChI=1S/C14H17NO2/c16-13-8-5-11(6-9-13)7-10-14(17)15-12-3-1-2-4-12/h5-10,12,16H,1-4H2,(H,15,17). The number of hydrogen-bond acceptors (Lipinski definition) is 2. The fraction of sp³-hybridized carbons (Fsp3) is 0.357. The van der Waals surface area contributed by atoms with Crippen molar-refractivity contribution in [2.24, 2.45) is 0 Å². The molecule has 0 saturated heterocycles. The first-order valence-electron chi connectivity index (χ1n) is 6.01. The molecule has 0 bridgehead atoms. The van der Waals surface area contributed by atoms with Gasteiger partial charge in [-0.2, -0.15) is 0 Å². The van der Waals surface area contributed by atoms with Gasteiger partial charge in [-0.3, -0.25) is 4.79 Å². The highest BCUT2D eigenvalue weighted by molar-refractivity contribution is 5.91. The van der Waals surface area contributed by atoms with Gasteiger partial charge < -0.3 is 10.4 Å². The molecule has 0 radical (unpaired) electrons. The number of aromatic hydroxyl groups is 1. The van der Waals surface area contributed by atoms with Crippen LogP contribution in [0.25, 0.3) is 6.08 Å². The molecule has 0 aromatic heterocycles. The first-order valence-corrected chi connectivity index (χ1v) is 6.01. The van der Waals surface area contributed by atoms with Crippen LogP contribution < -0.4 is 5.32 Å². The molecule has 0 spiro atoms. The number of amides is 1. The second-order valence-corrected chi connectivity index (χ2v) is 4.41. The van der Waals surface area contributed by atoms with E-state index < -0.39 is 0 Å². The number of rotatable bonds is 3. The lowest BCUT2D eigenvalue weighted by atomic mass is 10.2. The van der Waals surface area contributed by atoms with Crippen molar-refractivity contribution < 1.29 is 9.90 Å². The van der Waals surface area contributed by atoms with Gasteiger partial charge in [-0.15, -0.1) is 0 Å². The van der Waals surface area contributed by atoms with Gasteiger partial charge in [0.2, 0.25) is 5.91 Å². The Morgan fingerprint density at radius 2 is 1.88 bits per heavy atom. The molecule has 1 saturated carbocycles. The van der Waals surface area contributed by atoms with E-state index in [1.54, 1.807) is 36.4 Å². The minimum absolute atomic E-state index is 0.0371.